The first-order valence-electron chi connectivity index (χ1n) is 8.07. The Hall–Kier alpha value is -1.96. The molecule has 1 aliphatic heterocycles. The van der Waals surface area contributed by atoms with Crippen molar-refractivity contribution in [2.75, 3.05) is 26.3 Å². The molecule has 3 heterocycles. The van der Waals surface area contributed by atoms with Gasteiger partial charge in [-0.3, -0.25) is 4.90 Å². The van der Waals surface area contributed by atoms with Gasteiger partial charge in [0, 0.05) is 13.1 Å². The fraction of sp³-hybridized carbons (Fsp3) is 0.412. The second kappa shape index (κ2) is 6.16. The molecule has 0 bridgehead atoms. The maximum absolute atomic E-state index is 10.8. The second-order valence-electron chi connectivity index (χ2n) is 6.05. The van der Waals surface area contributed by atoms with Crippen molar-refractivity contribution in [3.63, 3.8) is 0 Å². The Morgan fingerprint density at radius 3 is 2.67 bits per heavy atom. The average Bonchev–Trinajstić information content (AvgIpc) is 3.09. The molecule has 1 atom stereocenters. The lowest BCUT2D eigenvalue weighted by Gasteiger charge is -2.34. The molecule has 0 amide bonds. The van der Waals surface area contributed by atoms with Gasteiger partial charge in [-0.25, -0.2) is 4.98 Å². The van der Waals surface area contributed by atoms with E-state index in [1.807, 2.05) is 19.1 Å². The lowest BCUT2D eigenvalue weighted by atomic mass is 9.98. The van der Waals surface area contributed by atoms with Gasteiger partial charge in [0.25, 0.3) is 0 Å². The number of aromatic nitrogens is 3. The zero-order valence-corrected chi connectivity index (χ0v) is 14.6. The molecular formula is C17H20N4O2S. The van der Waals surface area contributed by atoms with Crippen molar-refractivity contribution < 1.29 is 9.84 Å². The molecule has 1 aromatic carbocycles. The first-order valence-corrected chi connectivity index (χ1v) is 8.89. The van der Waals surface area contributed by atoms with Gasteiger partial charge in [-0.1, -0.05) is 35.6 Å². The van der Waals surface area contributed by atoms with Crippen LogP contribution in [0.4, 0.5) is 0 Å². The van der Waals surface area contributed by atoms with Crippen molar-refractivity contribution >= 4 is 16.3 Å². The molecule has 1 unspecified atom stereocenters. The molecule has 0 radical (unpaired) electrons. The van der Waals surface area contributed by atoms with Gasteiger partial charge in [0.1, 0.15) is 5.82 Å². The molecule has 126 valence electrons. The first-order chi connectivity index (χ1) is 11.6. The quantitative estimate of drug-likeness (QED) is 0.791. The summed E-state index contributed by atoms with van der Waals surface area (Å²) in [5.41, 5.74) is 2.42. The van der Waals surface area contributed by atoms with E-state index >= 15 is 0 Å². The van der Waals surface area contributed by atoms with E-state index in [0.717, 1.165) is 22.9 Å². The van der Waals surface area contributed by atoms with Crippen LogP contribution in [0, 0.1) is 13.8 Å². The minimum atomic E-state index is -0.0103. The van der Waals surface area contributed by atoms with Crippen LogP contribution in [-0.2, 0) is 4.74 Å². The van der Waals surface area contributed by atoms with Crippen LogP contribution in [0.1, 0.15) is 27.9 Å². The summed E-state index contributed by atoms with van der Waals surface area (Å²) in [6.07, 6.45) is 0. The van der Waals surface area contributed by atoms with Crippen molar-refractivity contribution in [1.29, 1.82) is 0 Å². The number of fused-ring (bicyclic) bond motifs is 1. The van der Waals surface area contributed by atoms with Crippen LogP contribution in [0.5, 0.6) is 5.88 Å². The normalized spacial score (nSPS) is 17.4. The first kappa shape index (κ1) is 15.6. The number of benzene rings is 1. The van der Waals surface area contributed by atoms with Gasteiger partial charge < -0.3 is 9.84 Å². The lowest BCUT2D eigenvalue weighted by Crippen LogP contribution is -2.39. The Morgan fingerprint density at radius 2 is 1.96 bits per heavy atom. The number of hydrogen-bond acceptors (Lipinski definition) is 6. The monoisotopic (exact) mass is 344 g/mol. The fourth-order valence-electron chi connectivity index (χ4n) is 3.26. The van der Waals surface area contributed by atoms with Crippen LogP contribution in [0.3, 0.4) is 0 Å². The highest BCUT2D eigenvalue weighted by molar-refractivity contribution is 7.17. The van der Waals surface area contributed by atoms with Crippen molar-refractivity contribution in [3.8, 4) is 5.88 Å². The third-order valence-electron chi connectivity index (χ3n) is 4.45. The average molecular weight is 344 g/mol. The summed E-state index contributed by atoms with van der Waals surface area (Å²) in [7, 11) is 0. The number of aryl methyl sites for hydroxylation is 2. The highest BCUT2D eigenvalue weighted by atomic mass is 32.1. The largest absolute Gasteiger partial charge is 0.492 e. The topological polar surface area (TPSA) is 62.9 Å². The third kappa shape index (κ3) is 2.58. The molecule has 1 saturated heterocycles. The van der Waals surface area contributed by atoms with Crippen LogP contribution >= 0.6 is 11.3 Å². The number of morpholine rings is 1. The molecule has 1 aliphatic rings. The summed E-state index contributed by atoms with van der Waals surface area (Å²) in [6.45, 7) is 7.04. The molecule has 6 nitrogen and oxygen atoms in total. The van der Waals surface area contributed by atoms with E-state index in [4.69, 9.17) is 4.74 Å². The zero-order chi connectivity index (χ0) is 16.7. The van der Waals surface area contributed by atoms with Gasteiger partial charge in [0.05, 0.1) is 24.1 Å². The van der Waals surface area contributed by atoms with Gasteiger partial charge in [-0.2, -0.15) is 4.52 Å². The predicted octanol–water partition coefficient (Wildman–Crippen LogP) is 2.53. The molecule has 0 saturated carbocycles. The number of thiazole rings is 1. The number of hydrogen-bond donors (Lipinski definition) is 1. The number of ether oxygens (including phenoxy) is 1. The molecule has 1 N–H and O–H groups in total. The molecule has 0 aliphatic carbocycles. The summed E-state index contributed by atoms with van der Waals surface area (Å²) in [4.78, 5) is 8.39. The van der Waals surface area contributed by atoms with E-state index in [1.165, 1.54) is 22.5 Å². The minimum absolute atomic E-state index is 0.0103. The maximum atomic E-state index is 10.8. The summed E-state index contributed by atoms with van der Waals surface area (Å²) in [6, 6.07) is 8.33. The van der Waals surface area contributed by atoms with Crippen LogP contribution in [0.15, 0.2) is 24.3 Å². The van der Waals surface area contributed by atoms with Crippen LogP contribution in [0.25, 0.3) is 4.96 Å². The van der Waals surface area contributed by atoms with E-state index in [0.29, 0.717) is 19.0 Å². The molecule has 4 rings (SSSR count). The van der Waals surface area contributed by atoms with Crippen molar-refractivity contribution in [2.24, 2.45) is 0 Å². The van der Waals surface area contributed by atoms with Crippen molar-refractivity contribution in [2.45, 2.75) is 19.9 Å². The van der Waals surface area contributed by atoms with E-state index in [-0.39, 0.29) is 11.9 Å². The van der Waals surface area contributed by atoms with Crippen LogP contribution in [0.2, 0.25) is 0 Å². The number of rotatable bonds is 3. The Morgan fingerprint density at radius 1 is 1.21 bits per heavy atom. The Kier molecular flexibility index (Phi) is 3.99. The smallest absolute Gasteiger partial charge is 0.230 e. The van der Waals surface area contributed by atoms with Crippen LogP contribution in [-0.4, -0.2) is 50.9 Å². The second-order valence-corrected chi connectivity index (χ2v) is 7.06. The molecule has 1 fully saturated rings. The Bertz CT molecular complexity index is 867. The predicted molar refractivity (Wildman–Crippen MR) is 92.7 cm³/mol. The summed E-state index contributed by atoms with van der Waals surface area (Å²) in [5, 5.41) is 15.1. The highest BCUT2D eigenvalue weighted by Crippen LogP contribution is 2.40. The summed E-state index contributed by atoms with van der Waals surface area (Å²) >= 11 is 1.51. The van der Waals surface area contributed by atoms with Crippen molar-refractivity contribution in [1.82, 2.24) is 19.5 Å². The molecule has 0 spiro atoms. The van der Waals surface area contributed by atoms with Gasteiger partial charge in [0.15, 0.2) is 0 Å². The van der Waals surface area contributed by atoms with Gasteiger partial charge in [0.2, 0.25) is 10.8 Å². The van der Waals surface area contributed by atoms with Crippen LogP contribution < -0.4 is 0 Å². The SMILES string of the molecule is Cc1nc2sc(C(c3ccccc3C)N3CCOCC3)c(O)n2n1. The molecular weight excluding hydrogens is 324 g/mol. The number of nitrogens with zero attached hydrogens (tertiary/aromatic N) is 4. The van der Waals surface area contributed by atoms with Crippen molar-refractivity contribution in [3.05, 3.63) is 46.1 Å². The summed E-state index contributed by atoms with van der Waals surface area (Å²) in [5.74, 6) is 0.859. The molecule has 7 heteroatoms. The third-order valence-corrected chi connectivity index (χ3v) is 5.52. The van der Waals surface area contributed by atoms with Gasteiger partial charge in [-0.05, 0) is 25.0 Å². The molecule has 24 heavy (non-hydrogen) atoms. The molecule has 3 aromatic rings. The van der Waals surface area contributed by atoms with Gasteiger partial charge >= 0.3 is 0 Å². The Balaban J connectivity index is 1.86. The zero-order valence-electron chi connectivity index (χ0n) is 13.8. The van der Waals surface area contributed by atoms with E-state index < -0.39 is 0 Å². The van der Waals surface area contributed by atoms with E-state index in [9.17, 15) is 5.11 Å². The molecule has 2 aromatic heterocycles. The number of aromatic hydroxyl groups is 1. The standard InChI is InChI=1S/C17H20N4O2S/c1-11-5-3-4-6-13(11)14(20-7-9-23-10-8-20)15-16(22)21-17(24-15)18-12(2)19-21/h3-6,14,22H,7-10H2,1-2H3. The van der Waals surface area contributed by atoms with E-state index in [1.54, 1.807) is 4.52 Å². The highest BCUT2D eigenvalue weighted by Gasteiger charge is 2.31. The fourth-order valence-corrected chi connectivity index (χ4v) is 4.41. The minimum Gasteiger partial charge on any atom is -0.492 e. The Labute approximate surface area is 144 Å². The lowest BCUT2D eigenvalue weighted by molar-refractivity contribution is 0.0240. The van der Waals surface area contributed by atoms with E-state index in [2.05, 4.69) is 34.0 Å². The maximum Gasteiger partial charge on any atom is 0.230 e. The van der Waals surface area contributed by atoms with Gasteiger partial charge in [-0.15, -0.1) is 5.10 Å². The summed E-state index contributed by atoms with van der Waals surface area (Å²) < 4.78 is 7.05.